The summed E-state index contributed by atoms with van der Waals surface area (Å²) in [5, 5.41) is 0. The Hall–Kier alpha value is -0.610. The first-order chi connectivity index (χ1) is 12.3. The fourth-order valence-corrected chi connectivity index (χ4v) is 12.1. The summed E-state index contributed by atoms with van der Waals surface area (Å²) in [7, 11) is 1.84. The van der Waals surface area contributed by atoms with Crippen LogP contribution in [0.1, 0.15) is 25.7 Å². The van der Waals surface area contributed by atoms with Gasteiger partial charge in [0.15, 0.2) is 5.79 Å². The van der Waals surface area contributed by atoms with Gasteiger partial charge >= 0.3 is 5.97 Å². The Labute approximate surface area is 146 Å². The minimum absolute atomic E-state index is 0.0933. The lowest BCUT2D eigenvalue weighted by molar-refractivity contribution is -0.389. The highest BCUT2D eigenvalue weighted by Crippen LogP contribution is 2.93. The van der Waals surface area contributed by atoms with E-state index in [1.54, 1.807) is 0 Å². The molecule has 0 N–H and O–H groups in total. The van der Waals surface area contributed by atoms with Crippen LogP contribution in [0, 0.1) is 70.5 Å². The molecule has 9 bridgehead atoms. The fraction of sp³-hybridized carbons (Fsp3) is 0.952. The van der Waals surface area contributed by atoms with E-state index in [0.717, 1.165) is 41.9 Å². The van der Waals surface area contributed by atoms with Gasteiger partial charge in [0.05, 0.1) is 6.10 Å². The molecule has 2 aliphatic heterocycles. The summed E-state index contributed by atoms with van der Waals surface area (Å²) >= 11 is 0. The predicted octanol–water partition coefficient (Wildman–Crippen LogP) is 2.07. The number of ether oxygens (including phenoxy) is 3. The van der Waals surface area contributed by atoms with Gasteiger partial charge < -0.3 is 14.2 Å². The Bertz CT molecular complexity index is 780. The van der Waals surface area contributed by atoms with Crippen LogP contribution >= 0.6 is 0 Å². The van der Waals surface area contributed by atoms with Crippen LogP contribution in [-0.2, 0) is 19.0 Å². The van der Waals surface area contributed by atoms with Crippen LogP contribution in [0.2, 0.25) is 0 Å². The zero-order valence-corrected chi connectivity index (χ0v) is 14.5. The Kier molecular flexibility index (Phi) is 1.64. The van der Waals surface area contributed by atoms with Crippen LogP contribution in [0.3, 0.4) is 0 Å². The summed E-state index contributed by atoms with van der Waals surface area (Å²) in [6.45, 7) is 0. The molecular formula is C21H24O4. The van der Waals surface area contributed by atoms with Crippen molar-refractivity contribution in [1.29, 1.82) is 0 Å². The molecular weight excluding hydrogens is 316 g/mol. The number of hydrogen-bond acceptors (Lipinski definition) is 4. The van der Waals surface area contributed by atoms with Gasteiger partial charge in [-0.25, -0.2) is 0 Å². The quantitative estimate of drug-likeness (QED) is 0.686. The lowest BCUT2D eigenvalue weighted by atomic mass is 9.52. The number of esters is 1. The summed E-state index contributed by atoms with van der Waals surface area (Å²) in [5.41, 5.74) is -0.455. The molecule has 1 spiro atoms. The van der Waals surface area contributed by atoms with Gasteiger partial charge in [0.1, 0.15) is 11.5 Å². The summed E-state index contributed by atoms with van der Waals surface area (Å²) < 4.78 is 19.6. The molecule has 15 atom stereocenters. The van der Waals surface area contributed by atoms with E-state index in [9.17, 15) is 4.79 Å². The van der Waals surface area contributed by atoms with Crippen molar-refractivity contribution in [2.45, 2.75) is 43.7 Å². The van der Waals surface area contributed by atoms with E-state index in [0.29, 0.717) is 35.7 Å². The van der Waals surface area contributed by atoms with Crippen LogP contribution in [-0.4, -0.2) is 31.1 Å². The standard InChI is InChI=1S/C21H24O4/c1-23-21-18-12-6-2-4-8-11(6)17-14(12)15-13(18)10-7(3-5-9(10)25-21)16(15)20(17,21)19(22)24-8/h6-18H,2-5H2,1H3/t6-,7-,8-,9-,10+,11+,12-,13+,14-,15+,16+,17+,18-,20-,21+/m1/s1. The Morgan fingerprint density at radius 2 is 1.60 bits per heavy atom. The first kappa shape index (κ1) is 12.7. The summed E-state index contributed by atoms with van der Waals surface area (Å²) in [5.74, 6) is 6.89. The van der Waals surface area contributed by atoms with Gasteiger partial charge in [-0.2, -0.15) is 0 Å². The average molecular weight is 340 g/mol. The molecule has 4 nitrogen and oxygen atoms in total. The van der Waals surface area contributed by atoms with E-state index in [4.69, 9.17) is 14.2 Å². The second-order valence-corrected chi connectivity index (χ2v) is 10.9. The number of hydrogen-bond donors (Lipinski definition) is 0. The fourth-order valence-electron chi connectivity index (χ4n) is 12.1. The van der Waals surface area contributed by atoms with Crippen LogP contribution in [0.4, 0.5) is 0 Å². The topological polar surface area (TPSA) is 44.8 Å². The van der Waals surface area contributed by atoms with Crippen LogP contribution in [0.25, 0.3) is 0 Å². The van der Waals surface area contributed by atoms with E-state index in [1.165, 1.54) is 19.3 Å². The summed E-state index contributed by atoms with van der Waals surface area (Å²) in [4.78, 5) is 13.8. The maximum absolute atomic E-state index is 13.8. The molecule has 0 aromatic rings. The van der Waals surface area contributed by atoms with Crippen molar-refractivity contribution >= 4 is 5.97 Å². The van der Waals surface area contributed by atoms with Crippen molar-refractivity contribution in [3.63, 3.8) is 0 Å². The highest BCUT2D eigenvalue weighted by atomic mass is 16.7. The molecule has 0 aromatic carbocycles. The highest BCUT2D eigenvalue weighted by molar-refractivity contribution is 5.83. The van der Waals surface area contributed by atoms with Gasteiger partial charge in [-0.3, -0.25) is 4.79 Å². The SMILES string of the molecule is CO[C@@]12O[C@@H]3CC[C@@H]4[C@@H]3[C@H]3[C@H]5[C@H]6[C@@H]([C@@H]7CC[C@H]8OC(=O)[C@]1([C@H]6[C@@H]78)[C@@H]45)[C@H]32. The van der Waals surface area contributed by atoms with Crippen LogP contribution in [0.15, 0.2) is 0 Å². The van der Waals surface area contributed by atoms with Crippen molar-refractivity contribution in [2.24, 2.45) is 70.5 Å². The third kappa shape index (κ3) is 0.818. The largest absolute Gasteiger partial charge is 0.461 e. The average Bonchev–Trinajstić information content (AvgIpc) is 3.34. The molecule has 25 heavy (non-hydrogen) atoms. The molecule has 8 aliphatic carbocycles. The maximum atomic E-state index is 13.8. The normalized spacial score (nSPS) is 79.1. The summed E-state index contributed by atoms with van der Waals surface area (Å²) in [6, 6.07) is 0. The lowest BCUT2D eigenvalue weighted by Crippen LogP contribution is -2.73. The first-order valence-electron chi connectivity index (χ1n) is 10.7. The molecule has 10 fully saturated rings. The minimum Gasteiger partial charge on any atom is -0.461 e. The second-order valence-electron chi connectivity index (χ2n) is 10.9. The number of carbonyl (C=O) groups is 1. The maximum Gasteiger partial charge on any atom is 0.318 e. The van der Waals surface area contributed by atoms with Crippen molar-refractivity contribution in [2.75, 3.05) is 7.11 Å². The van der Waals surface area contributed by atoms with Crippen molar-refractivity contribution < 1.29 is 19.0 Å². The highest BCUT2D eigenvalue weighted by Gasteiger charge is 2.98. The number of rotatable bonds is 1. The molecule has 0 aromatic heterocycles. The van der Waals surface area contributed by atoms with Gasteiger partial charge in [0.25, 0.3) is 0 Å². The molecule has 4 heteroatoms. The van der Waals surface area contributed by atoms with E-state index >= 15 is 0 Å². The smallest absolute Gasteiger partial charge is 0.318 e. The molecule has 132 valence electrons. The van der Waals surface area contributed by atoms with E-state index < -0.39 is 11.2 Å². The third-order valence-electron chi connectivity index (χ3n) is 11.5. The molecule has 2 saturated heterocycles. The lowest BCUT2D eigenvalue weighted by Gasteiger charge is -2.62. The molecule has 2 heterocycles. The Morgan fingerprint density at radius 1 is 0.840 bits per heavy atom. The number of carbonyl (C=O) groups excluding carboxylic acids is 1. The van der Waals surface area contributed by atoms with Crippen LogP contribution in [0.5, 0.6) is 0 Å². The Morgan fingerprint density at radius 3 is 2.48 bits per heavy atom. The van der Waals surface area contributed by atoms with Gasteiger partial charge in [-0.05, 0) is 78.9 Å². The Balaban J connectivity index is 1.45. The monoisotopic (exact) mass is 340 g/mol. The number of methoxy groups -OCH3 is 1. The zero-order chi connectivity index (χ0) is 16.0. The van der Waals surface area contributed by atoms with Crippen molar-refractivity contribution in [1.82, 2.24) is 0 Å². The molecule has 0 radical (unpaired) electrons. The van der Waals surface area contributed by atoms with Crippen molar-refractivity contribution in [3.05, 3.63) is 0 Å². The molecule has 0 amide bonds. The van der Waals surface area contributed by atoms with Gasteiger partial charge in [0.2, 0.25) is 0 Å². The molecule has 10 rings (SSSR count). The van der Waals surface area contributed by atoms with Crippen molar-refractivity contribution in [3.8, 4) is 0 Å². The van der Waals surface area contributed by atoms with E-state index in [1.807, 2.05) is 7.11 Å². The van der Waals surface area contributed by atoms with E-state index in [2.05, 4.69) is 0 Å². The molecule has 8 saturated carbocycles. The van der Waals surface area contributed by atoms with Gasteiger partial charge in [0, 0.05) is 18.9 Å². The van der Waals surface area contributed by atoms with E-state index in [-0.39, 0.29) is 12.1 Å². The van der Waals surface area contributed by atoms with Gasteiger partial charge in [-0.15, -0.1) is 0 Å². The zero-order valence-electron chi connectivity index (χ0n) is 14.5. The molecule has 10 aliphatic rings. The molecule has 0 unspecified atom stereocenters. The third-order valence-corrected chi connectivity index (χ3v) is 11.5. The minimum atomic E-state index is -0.649. The first-order valence-corrected chi connectivity index (χ1v) is 10.7. The van der Waals surface area contributed by atoms with Gasteiger partial charge in [-0.1, -0.05) is 0 Å². The predicted molar refractivity (Wildman–Crippen MR) is 83.8 cm³/mol. The van der Waals surface area contributed by atoms with Crippen LogP contribution < -0.4 is 0 Å². The summed E-state index contributed by atoms with van der Waals surface area (Å²) in [6.07, 6.45) is 5.40. The second kappa shape index (κ2) is 3.22.